The van der Waals surface area contributed by atoms with Gasteiger partial charge in [0.1, 0.15) is 0 Å². The molecule has 0 amide bonds. The van der Waals surface area contributed by atoms with Crippen LogP contribution in [0.1, 0.15) is 42.4 Å². The number of halogens is 2. The molecular weight excluding hydrogens is 397 g/mol. The molecule has 152 valence electrons. The van der Waals surface area contributed by atoms with Crippen molar-refractivity contribution >= 4 is 34.4 Å². The van der Waals surface area contributed by atoms with Crippen LogP contribution in [-0.4, -0.2) is 26.7 Å². The van der Waals surface area contributed by atoms with E-state index >= 15 is 0 Å². The number of carboxylic acid groups (broad SMARTS) is 1. The monoisotopic (exact) mass is 417 g/mol. The highest BCUT2D eigenvalue weighted by atomic mass is 35.5. The van der Waals surface area contributed by atoms with Crippen molar-refractivity contribution in [3.05, 3.63) is 64.1 Å². The van der Waals surface area contributed by atoms with Gasteiger partial charge in [-0.05, 0) is 49.6 Å². The van der Waals surface area contributed by atoms with E-state index in [9.17, 15) is 24.2 Å². The summed E-state index contributed by atoms with van der Waals surface area (Å²) in [6.45, 7) is 6.71. The second-order valence-electron chi connectivity index (χ2n) is 7.59. The minimum Gasteiger partial charge on any atom is -0.505 e. The second-order valence-corrected chi connectivity index (χ2v) is 8.03. The lowest BCUT2D eigenvalue weighted by molar-refractivity contribution is -0.145. The number of hydrogen-bond acceptors (Lipinski definition) is 3. The maximum Gasteiger partial charge on any atom is 0.314 e. The van der Waals surface area contributed by atoms with E-state index in [2.05, 4.69) is 0 Å². The molecule has 1 atom stereocenters. The highest BCUT2D eigenvalue weighted by Gasteiger charge is 2.43. The third kappa shape index (κ3) is 3.17. The summed E-state index contributed by atoms with van der Waals surface area (Å²) in [5, 5.41) is 20.6. The molecule has 0 aliphatic heterocycles. The van der Waals surface area contributed by atoms with Crippen molar-refractivity contribution in [3.8, 4) is 5.75 Å². The van der Waals surface area contributed by atoms with Gasteiger partial charge in [0.2, 0.25) is 0 Å². The molecule has 0 fully saturated rings. The van der Waals surface area contributed by atoms with Crippen molar-refractivity contribution in [3.63, 3.8) is 0 Å². The van der Waals surface area contributed by atoms with E-state index in [-0.39, 0.29) is 17.0 Å². The fourth-order valence-corrected chi connectivity index (χ4v) is 3.92. The molecule has 2 N–H and O–H groups in total. The summed E-state index contributed by atoms with van der Waals surface area (Å²) in [6, 6.07) is 8.55. The minimum absolute atomic E-state index is 0.186. The molecule has 29 heavy (non-hydrogen) atoms. The summed E-state index contributed by atoms with van der Waals surface area (Å²) in [7, 11) is 0. The average molecular weight is 418 g/mol. The van der Waals surface area contributed by atoms with Gasteiger partial charge in [-0.3, -0.25) is 14.2 Å². The summed E-state index contributed by atoms with van der Waals surface area (Å²) in [5.41, 5.74) is -0.175. The second kappa shape index (κ2) is 7.19. The first-order valence-electron chi connectivity index (χ1n) is 9.07. The molecule has 0 aliphatic rings. The van der Waals surface area contributed by atoms with Gasteiger partial charge in [-0.25, -0.2) is 4.39 Å². The summed E-state index contributed by atoms with van der Waals surface area (Å²) < 4.78 is 15.5. The molecule has 0 saturated carbocycles. The van der Waals surface area contributed by atoms with Crippen molar-refractivity contribution < 1.29 is 24.2 Å². The van der Waals surface area contributed by atoms with Gasteiger partial charge in [-0.2, -0.15) is 0 Å². The van der Waals surface area contributed by atoms with E-state index in [1.165, 1.54) is 16.7 Å². The predicted molar refractivity (Wildman–Crippen MR) is 109 cm³/mol. The Morgan fingerprint density at radius 3 is 2.41 bits per heavy atom. The van der Waals surface area contributed by atoms with Gasteiger partial charge in [-0.1, -0.05) is 31.5 Å². The number of nitrogens with zero attached hydrogens (tertiary/aromatic N) is 1. The smallest absolute Gasteiger partial charge is 0.314 e. The highest BCUT2D eigenvalue weighted by molar-refractivity contribution is 6.31. The standard InChI is InChI=1S/C22H21ClFNO4/c1-11(2)22(4,21(28)29)19-12(3)25(17-10-16(24)18(26)9-15(17)19)20(27)13-6-5-7-14(23)8-13/h5-11,26H,1-4H3,(H,28,29)/t22-/m1/s1. The summed E-state index contributed by atoms with van der Waals surface area (Å²) in [4.78, 5) is 25.5. The SMILES string of the molecule is Cc1c([C@](C)(C(=O)O)C(C)C)c2cc(O)c(F)cc2n1C(=O)c1cccc(Cl)c1. The molecule has 1 aromatic heterocycles. The Labute approximate surface area is 172 Å². The molecule has 2 aromatic carbocycles. The Balaban J connectivity index is 2.44. The number of phenolic OH excluding ortho intramolecular Hbond substituents is 1. The molecular formula is C22H21ClFNO4. The van der Waals surface area contributed by atoms with E-state index in [1.807, 2.05) is 0 Å². The van der Waals surface area contributed by atoms with E-state index in [4.69, 9.17) is 11.6 Å². The van der Waals surface area contributed by atoms with Crippen LogP contribution in [0, 0.1) is 18.7 Å². The lowest BCUT2D eigenvalue weighted by Crippen LogP contribution is -2.38. The van der Waals surface area contributed by atoms with E-state index in [0.717, 1.165) is 6.07 Å². The molecule has 0 spiro atoms. The molecule has 1 heterocycles. The largest absolute Gasteiger partial charge is 0.505 e. The van der Waals surface area contributed by atoms with Crippen LogP contribution in [0.25, 0.3) is 10.9 Å². The van der Waals surface area contributed by atoms with Gasteiger partial charge in [0.05, 0.1) is 10.9 Å². The van der Waals surface area contributed by atoms with E-state index < -0.39 is 28.9 Å². The maximum atomic E-state index is 14.2. The molecule has 7 heteroatoms. The summed E-state index contributed by atoms with van der Waals surface area (Å²) >= 11 is 6.01. The maximum absolute atomic E-state index is 14.2. The fraction of sp³-hybridized carbons (Fsp3) is 0.273. The van der Waals surface area contributed by atoms with Gasteiger partial charge in [0.15, 0.2) is 11.6 Å². The molecule has 0 saturated heterocycles. The average Bonchev–Trinajstić information content (AvgIpc) is 2.91. The van der Waals surface area contributed by atoms with Crippen LogP contribution >= 0.6 is 11.6 Å². The van der Waals surface area contributed by atoms with Crippen molar-refractivity contribution in [2.45, 2.75) is 33.1 Å². The lowest BCUT2D eigenvalue weighted by atomic mass is 9.72. The minimum atomic E-state index is -1.37. The van der Waals surface area contributed by atoms with Crippen molar-refractivity contribution in [2.75, 3.05) is 0 Å². The van der Waals surface area contributed by atoms with Gasteiger partial charge in [-0.15, -0.1) is 0 Å². The Bertz CT molecular complexity index is 1150. The number of fused-ring (bicyclic) bond motifs is 1. The number of rotatable bonds is 4. The first-order chi connectivity index (χ1) is 13.5. The Kier molecular flexibility index (Phi) is 5.17. The third-order valence-corrected chi connectivity index (χ3v) is 5.90. The van der Waals surface area contributed by atoms with Gasteiger partial charge < -0.3 is 10.2 Å². The topological polar surface area (TPSA) is 79.5 Å². The van der Waals surface area contributed by atoms with Crippen molar-refractivity contribution in [1.29, 1.82) is 0 Å². The van der Waals surface area contributed by atoms with E-state index in [0.29, 0.717) is 21.7 Å². The van der Waals surface area contributed by atoms with Gasteiger partial charge >= 0.3 is 5.97 Å². The number of aliphatic carboxylic acids is 1. The molecule has 0 unspecified atom stereocenters. The number of carboxylic acids is 1. The number of benzene rings is 2. The molecule has 0 bridgehead atoms. The number of phenols is 1. The zero-order valence-corrected chi connectivity index (χ0v) is 17.2. The predicted octanol–water partition coefficient (Wildman–Crippen LogP) is 5.13. The van der Waals surface area contributed by atoms with Crippen LogP contribution in [0.3, 0.4) is 0 Å². The van der Waals surface area contributed by atoms with Crippen LogP contribution in [0.15, 0.2) is 36.4 Å². The molecule has 0 radical (unpaired) electrons. The van der Waals surface area contributed by atoms with Crippen LogP contribution in [0.4, 0.5) is 4.39 Å². The number of aromatic hydroxyl groups is 1. The van der Waals surface area contributed by atoms with Crippen molar-refractivity contribution in [1.82, 2.24) is 4.57 Å². The Morgan fingerprint density at radius 1 is 1.21 bits per heavy atom. The van der Waals surface area contributed by atoms with Crippen LogP contribution in [0.5, 0.6) is 5.75 Å². The molecule has 3 aromatic rings. The van der Waals surface area contributed by atoms with Gasteiger partial charge in [0, 0.05) is 27.7 Å². The molecule has 5 nitrogen and oxygen atoms in total. The Morgan fingerprint density at radius 2 is 1.86 bits per heavy atom. The first kappa shape index (κ1) is 20.9. The normalized spacial score (nSPS) is 13.6. The van der Waals surface area contributed by atoms with Gasteiger partial charge in [0.25, 0.3) is 5.91 Å². The number of carbonyl (C=O) groups excluding carboxylic acids is 1. The van der Waals surface area contributed by atoms with Crippen molar-refractivity contribution in [2.24, 2.45) is 5.92 Å². The number of carbonyl (C=O) groups is 2. The molecule has 0 aliphatic carbocycles. The number of aromatic nitrogens is 1. The van der Waals surface area contributed by atoms with E-state index in [1.54, 1.807) is 45.9 Å². The van der Waals surface area contributed by atoms with Crippen LogP contribution in [0.2, 0.25) is 5.02 Å². The lowest BCUT2D eigenvalue weighted by Gasteiger charge is -2.30. The third-order valence-electron chi connectivity index (χ3n) is 5.67. The van der Waals surface area contributed by atoms with Crippen LogP contribution in [-0.2, 0) is 10.2 Å². The summed E-state index contributed by atoms with van der Waals surface area (Å²) in [6.07, 6.45) is 0. The zero-order chi connectivity index (χ0) is 21.7. The fourth-order valence-electron chi connectivity index (χ4n) is 3.73. The Hall–Kier alpha value is -2.86. The van der Waals surface area contributed by atoms with Crippen LogP contribution < -0.4 is 0 Å². The zero-order valence-electron chi connectivity index (χ0n) is 16.5. The highest BCUT2D eigenvalue weighted by Crippen LogP contribution is 2.42. The summed E-state index contributed by atoms with van der Waals surface area (Å²) in [5.74, 6) is -3.39. The number of hydrogen-bond donors (Lipinski definition) is 2. The quantitative estimate of drug-likeness (QED) is 0.616. The first-order valence-corrected chi connectivity index (χ1v) is 9.45. The molecule has 3 rings (SSSR count).